The Morgan fingerprint density at radius 1 is 1.11 bits per heavy atom. The molecular weight excluding hydrogens is 482 g/mol. The van der Waals surface area contributed by atoms with Crippen LogP contribution < -0.4 is 10.9 Å². The standard InChI is InChI=1S/C19H13Br2NO5/c1-10-6-13(20)17(14(21)7-10)22-16(23)9-26-18(24)12-8-11-4-2-3-5-15(11)27-19(12)25/h2-8H,9H2,1H3,(H,22,23). The highest BCUT2D eigenvalue weighted by molar-refractivity contribution is 9.11. The van der Waals surface area contributed by atoms with E-state index in [-0.39, 0.29) is 5.56 Å². The second-order valence-electron chi connectivity index (χ2n) is 5.71. The minimum atomic E-state index is -0.924. The van der Waals surface area contributed by atoms with Crippen LogP contribution in [0.3, 0.4) is 0 Å². The molecule has 0 radical (unpaired) electrons. The van der Waals surface area contributed by atoms with E-state index >= 15 is 0 Å². The van der Waals surface area contributed by atoms with Crippen LogP contribution >= 0.6 is 31.9 Å². The Bertz CT molecular complexity index is 1080. The third-order valence-corrected chi connectivity index (χ3v) is 4.90. The molecule has 8 heteroatoms. The minimum Gasteiger partial charge on any atom is -0.452 e. The summed E-state index contributed by atoms with van der Waals surface area (Å²) in [4.78, 5) is 36.2. The Morgan fingerprint density at radius 3 is 2.48 bits per heavy atom. The van der Waals surface area contributed by atoms with Crippen molar-refractivity contribution in [3.8, 4) is 0 Å². The Hall–Kier alpha value is -2.45. The van der Waals surface area contributed by atoms with Gasteiger partial charge in [0.15, 0.2) is 6.61 Å². The van der Waals surface area contributed by atoms with Crippen molar-refractivity contribution in [2.24, 2.45) is 0 Å². The normalized spacial score (nSPS) is 10.6. The molecule has 0 atom stereocenters. The lowest BCUT2D eigenvalue weighted by Gasteiger charge is -2.11. The molecule has 27 heavy (non-hydrogen) atoms. The van der Waals surface area contributed by atoms with E-state index in [1.165, 1.54) is 6.07 Å². The topological polar surface area (TPSA) is 85.6 Å². The number of benzene rings is 2. The maximum atomic E-state index is 12.2. The van der Waals surface area contributed by atoms with Crippen molar-refractivity contribution in [3.63, 3.8) is 0 Å². The first-order chi connectivity index (χ1) is 12.8. The van der Waals surface area contributed by atoms with Crippen LogP contribution in [0.5, 0.6) is 0 Å². The van der Waals surface area contributed by atoms with Crippen LogP contribution in [-0.4, -0.2) is 18.5 Å². The van der Waals surface area contributed by atoms with Gasteiger partial charge < -0.3 is 14.5 Å². The highest BCUT2D eigenvalue weighted by atomic mass is 79.9. The minimum absolute atomic E-state index is 0.265. The molecule has 1 aromatic heterocycles. The molecule has 0 unspecified atom stereocenters. The summed E-state index contributed by atoms with van der Waals surface area (Å²) in [6, 6.07) is 11.9. The van der Waals surface area contributed by atoms with Crippen LogP contribution in [0.2, 0.25) is 0 Å². The number of hydrogen-bond acceptors (Lipinski definition) is 5. The van der Waals surface area contributed by atoms with Crippen molar-refractivity contribution >= 4 is 60.4 Å². The molecular formula is C19H13Br2NO5. The quantitative estimate of drug-likeness (QED) is 0.428. The average Bonchev–Trinajstić information content (AvgIpc) is 2.62. The Labute approximate surface area is 170 Å². The molecule has 1 amide bonds. The molecule has 3 rings (SSSR count). The lowest BCUT2D eigenvalue weighted by molar-refractivity contribution is -0.119. The van der Waals surface area contributed by atoms with Gasteiger partial charge >= 0.3 is 11.6 Å². The molecule has 138 valence electrons. The fourth-order valence-electron chi connectivity index (χ4n) is 2.41. The van der Waals surface area contributed by atoms with Crippen molar-refractivity contribution in [3.05, 3.63) is 73.0 Å². The van der Waals surface area contributed by atoms with Gasteiger partial charge in [-0.15, -0.1) is 0 Å². The summed E-state index contributed by atoms with van der Waals surface area (Å²) in [5.41, 5.74) is 0.807. The molecule has 6 nitrogen and oxygen atoms in total. The summed E-state index contributed by atoms with van der Waals surface area (Å²) in [6.07, 6.45) is 0. The second-order valence-corrected chi connectivity index (χ2v) is 7.42. The van der Waals surface area contributed by atoms with Crippen molar-refractivity contribution in [1.82, 2.24) is 0 Å². The van der Waals surface area contributed by atoms with Gasteiger partial charge in [0.2, 0.25) is 0 Å². The second kappa shape index (κ2) is 8.06. The molecule has 0 aliphatic heterocycles. The number of anilines is 1. The zero-order chi connectivity index (χ0) is 19.6. The van der Waals surface area contributed by atoms with Gasteiger partial charge in [0.25, 0.3) is 5.91 Å². The number of amides is 1. The van der Waals surface area contributed by atoms with E-state index in [9.17, 15) is 14.4 Å². The number of aryl methyl sites for hydroxylation is 1. The number of ether oxygens (including phenoxy) is 1. The number of carbonyl (C=O) groups excluding carboxylic acids is 2. The van der Waals surface area contributed by atoms with Gasteiger partial charge in [-0.2, -0.15) is 0 Å². The third-order valence-electron chi connectivity index (χ3n) is 3.65. The number of nitrogens with one attached hydrogen (secondary N) is 1. The number of halogens is 2. The van der Waals surface area contributed by atoms with Crippen LogP contribution in [0.15, 0.2) is 60.6 Å². The number of fused-ring (bicyclic) bond motifs is 1. The van der Waals surface area contributed by atoms with Gasteiger partial charge in [-0.1, -0.05) is 18.2 Å². The van der Waals surface area contributed by atoms with Crippen molar-refractivity contribution in [2.75, 3.05) is 11.9 Å². The van der Waals surface area contributed by atoms with E-state index in [2.05, 4.69) is 37.2 Å². The number of esters is 1. The number of para-hydroxylation sites is 1. The first kappa shape index (κ1) is 19.3. The average molecular weight is 495 g/mol. The van der Waals surface area contributed by atoms with Crippen molar-refractivity contribution in [1.29, 1.82) is 0 Å². The zero-order valence-electron chi connectivity index (χ0n) is 14.0. The highest BCUT2D eigenvalue weighted by Gasteiger charge is 2.17. The van der Waals surface area contributed by atoms with Crippen molar-refractivity contribution < 1.29 is 18.7 Å². The predicted molar refractivity (Wildman–Crippen MR) is 108 cm³/mol. The Morgan fingerprint density at radius 2 is 1.78 bits per heavy atom. The van der Waals surface area contributed by atoms with Crippen LogP contribution in [0.1, 0.15) is 15.9 Å². The Kier molecular flexibility index (Phi) is 5.76. The maximum Gasteiger partial charge on any atom is 0.351 e. The van der Waals surface area contributed by atoms with E-state index in [1.54, 1.807) is 24.3 Å². The van der Waals surface area contributed by atoms with Crippen molar-refractivity contribution in [2.45, 2.75) is 6.92 Å². The number of hydrogen-bond donors (Lipinski definition) is 1. The summed E-state index contributed by atoms with van der Waals surface area (Å²) >= 11 is 6.74. The number of rotatable bonds is 4. The molecule has 0 saturated heterocycles. The van der Waals surface area contributed by atoms with Gasteiger partial charge in [-0.25, -0.2) is 9.59 Å². The van der Waals surface area contributed by atoms with E-state index < -0.39 is 24.1 Å². The van der Waals surface area contributed by atoms with Gasteiger partial charge in [0.05, 0.1) is 5.69 Å². The maximum absolute atomic E-state index is 12.2. The van der Waals surface area contributed by atoms with E-state index in [1.807, 2.05) is 19.1 Å². The molecule has 1 N–H and O–H groups in total. The van der Waals surface area contributed by atoms with Gasteiger partial charge in [-0.3, -0.25) is 4.79 Å². The van der Waals surface area contributed by atoms with Crippen LogP contribution in [0.25, 0.3) is 11.0 Å². The largest absolute Gasteiger partial charge is 0.452 e. The molecule has 0 bridgehead atoms. The highest BCUT2D eigenvalue weighted by Crippen LogP contribution is 2.32. The lowest BCUT2D eigenvalue weighted by atomic mass is 10.2. The van der Waals surface area contributed by atoms with E-state index in [0.29, 0.717) is 25.6 Å². The Balaban J connectivity index is 1.70. The molecule has 0 fully saturated rings. The molecule has 0 aliphatic carbocycles. The first-order valence-corrected chi connectivity index (χ1v) is 9.39. The molecule has 0 saturated carbocycles. The SMILES string of the molecule is Cc1cc(Br)c(NC(=O)COC(=O)c2cc3ccccc3oc2=O)c(Br)c1. The van der Waals surface area contributed by atoms with E-state index in [4.69, 9.17) is 9.15 Å². The molecule has 1 heterocycles. The fraction of sp³-hybridized carbons (Fsp3) is 0.105. The lowest BCUT2D eigenvalue weighted by Crippen LogP contribution is -2.24. The van der Waals surface area contributed by atoms with Gasteiger partial charge in [-0.05, 0) is 68.6 Å². The summed E-state index contributed by atoms with van der Waals surface area (Å²) < 4.78 is 11.4. The molecule has 0 spiro atoms. The van der Waals surface area contributed by atoms with Crippen LogP contribution in [0.4, 0.5) is 5.69 Å². The van der Waals surface area contributed by atoms with E-state index in [0.717, 1.165) is 5.56 Å². The van der Waals surface area contributed by atoms with Gasteiger partial charge in [0.1, 0.15) is 11.1 Å². The summed E-state index contributed by atoms with van der Waals surface area (Å²) in [5, 5.41) is 3.23. The summed E-state index contributed by atoms with van der Waals surface area (Å²) in [5.74, 6) is -1.47. The smallest absolute Gasteiger partial charge is 0.351 e. The van der Waals surface area contributed by atoms with Gasteiger partial charge in [0, 0.05) is 14.3 Å². The summed E-state index contributed by atoms with van der Waals surface area (Å²) in [6.45, 7) is 1.37. The molecule has 0 aliphatic rings. The zero-order valence-corrected chi connectivity index (χ0v) is 17.2. The fourth-order valence-corrected chi connectivity index (χ4v) is 4.02. The first-order valence-electron chi connectivity index (χ1n) is 7.80. The van der Waals surface area contributed by atoms with Crippen LogP contribution in [-0.2, 0) is 9.53 Å². The molecule has 2 aromatic carbocycles. The third kappa shape index (κ3) is 4.45. The molecule has 3 aromatic rings. The number of carbonyl (C=O) groups is 2. The summed E-state index contributed by atoms with van der Waals surface area (Å²) in [7, 11) is 0. The van der Waals surface area contributed by atoms with Crippen LogP contribution in [0, 0.1) is 6.92 Å². The predicted octanol–water partition coefficient (Wildman–Crippen LogP) is 4.42. The monoisotopic (exact) mass is 493 g/mol.